The van der Waals surface area contributed by atoms with E-state index in [9.17, 15) is 9.59 Å². The highest BCUT2D eigenvalue weighted by Crippen LogP contribution is 2.34. The van der Waals surface area contributed by atoms with E-state index in [1.165, 1.54) is 11.3 Å². The first-order chi connectivity index (χ1) is 13.0. The number of carboxylic acid groups (broad SMARTS) is 1. The van der Waals surface area contributed by atoms with Gasteiger partial charge < -0.3 is 19.3 Å². The molecule has 1 N–H and O–H groups in total. The summed E-state index contributed by atoms with van der Waals surface area (Å²) in [6.45, 7) is 3.37. The van der Waals surface area contributed by atoms with Crippen LogP contribution in [-0.4, -0.2) is 40.5 Å². The third kappa shape index (κ3) is 3.31. The lowest BCUT2D eigenvalue weighted by Crippen LogP contribution is -2.37. The van der Waals surface area contributed by atoms with Crippen LogP contribution in [0, 0.1) is 0 Å². The Kier molecular flexibility index (Phi) is 4.64. The molecule has 0 aliphatic carbocycles. The molecule has 0 spiro atoms. The maximum absolute atomic E-state index is 13.0. The lowest BCUT2D eigenvalue weighted by Gasteiger charge is -2.26. The monoisotopic (exact) mass is 368 g/mol. The lowest BCUT2D eigenvalue weighted by atomic mass is 10.1. The van der Waals surface area contributed by atoms with Gasteiger partial charge in [0.25, 0.3) is 5.91 Å². The Labute approximate surface area is 158 Å². The van der Waals surface area contributed by atoms with E-state index in [4.69, 9.17) is 9.52 Å². The van der Waals surface area contributed by atoms with Crippen molar-refractivity contribution in [1.29, 1.82) is 0 Å². The largest absolute Gasteiger partial charge is 0.481 e. The first-order valence-electron chi connectivity index (χ1n) is 9.48. The van der Waals surface area contributed by atoms with E-state index in [1.807, 2.05) is 12.1 Å². The summed E-state index contributed by atoms with van der Waals surface area (Å²) in [4.78, 5) is 28.1. The van der Waals surface area contributed by atoms with E-state index in [-0.39, 0.29) is 18.4 Å². The fraction of sp³-hybridized carbons (Fsp3) is 0.429. The Bertz CT molecular complexity index is 859. The Balaban J connectivity index is 1.55. The van der Waals surface area contributed by atoms with Gasteiger partial charge in [-0.3, -0.25) is 9.59 Å². The normalized spacial score (nSPS) is 21.5. The summed E-state index contributed by atoms with van der Waals surface area (Å²) >= 11 is 0. The standard InChI is InChI=1S/C21H24N2O4/c1-14-11-15-5-2-3-7-18(15)23(14)13-16-8-10-27-20(16)21(26)22-9-4-6-17(22)12-19(24)25/h2-3,5,7-8,10,14,17H,4,6,9,11-13H2,1H3,(H,24,25). The smallest absolute Gasteiger partial charge is 0.305 e. The average Bonchev–Trinajstić information content (AvgIpc) is 3.34. The second kappa shape index (κ2) is 7.10. The molecule has 0 saturated carbocycles. The molecule has 6 heteroatoms. The zero-order chi connectivity index (χ0) is 19.0. The van der Waals surface area contributed by atoms with Gasteiger partial charge in [0.2, 0.25) is 0 Å². The molecule has 1 fully saturated rings. The predicted octanol–water partition coefficient (Wildman–Crippen LogP) is 3.31. The Hall–Kier alpha value is -2.76. The second-order valence-electron chi connectivity index (χ2n) is 7.48. The quantitative estimate of drug-likeness (QED) is 0.876. The molecule has 0 bridgehead atoms. The molecule has 2 aliphatic heterocycles. The number of benzene rings is 1. The molecular formula is C21H24N2O4. The van der Waals surface area contributed by atoms with Crippen LogP contribution in [0.3, 0.4) is 0 Å². The molecule has 1 saturated heterocycles. The van der Waals surface area contributed by atoms with Crippen molar-refractivity contribution in [3.05, 3.63) is 53.5 Å². The van der Waals surface area contributed by atoms with Gasteiger partial charge in [-0.25, -0.2) is 0 Å². The highest BCUT2D eigenvalue weighted by Gasteiger charge is 2.34. The van der Waals surface area contributed by atoms with E-state index in [0.29, 0.717) is 24.9 Å². The maximum Gasteiger partial charge on any atom is 0.305 e. The van der Waals surface area contributed by atoms with Crippen LogP contribution in [-0.2, 0) is 17.8 Å². The minimum Gasteiger partial charge on any atom is -0.481 e. The topological polar surface area (TPSA) is 74.0 Å². The molecule has 142 valence electrons. The lowest BCUT2D eigenvalue weighted by molar-refractivity contribution is -0.137. The van der Waals surface area contributed by atoms with Crippen LogP contribution in [0.15, 0.2) is 41.0 Å². The van der Waals surface area contributed by atoms with Crippen molar-refractivity contribution in [1.82, 2.24) is 4.90 Å². The van der Waals surface area contributed by atoms with Crippen molar-refractivity contribution in [2.24, 2.45) is 0 Å². The van der Waals surface area contributed by atoms with Crippen LogP contribution in [0.25, 0.3) is 0 Å². The zero-order valence-electron chi connectivity index (χ0n) is 15.4. The second-order valence-corrected chi connectivity index (χ2v) is 7.48. The summed E-state index contributed by atoms with van der Waals surface area (Å²) in [5.41, 5.74) is 3.38. The van der Waals surface area contributed by atoms with Gasteiger partial charge >= 0.3 is 5.97 Å². The number of likely N-dealkylation sites (tertiary alicyclic amines) is 1. The van der Waals surface area contributed by atoms with E-state index in [2.05, 4.69) is 30.0 Å². The van der Waals surface area contributed by atoms with Crippen LogP contribution in [0.2, 0.25) is 0 Å². The molecule has 4 rings (SSSR count). The van der Waals surface area contributed by atoms with Gasteiger partial charge in [-0.05, 0) is 43.9 Å². The number of anilines is 1. The summed E-state index contributed by atoms with van der Waals surface area (Å²) in [7, 11) is 0. The van der Waals surface area contributed by atoms with Gasteiger partial charge in [-0.1, -0.05) is 18.2 Å². The van der Waals surface area contributed by atoms with Crippen LogP contribution in [0.4, 0.5) is 5.69 Å². The van der Waals surface area contributed by atoms with Crippen LogP contribution < -0.4 is 4.90 Å². The number of fused-ring (bicyclic) bond motifs is 1. The van der Waals surface area contributed by atoms with Gasteiger partial charge in [0.15, 0.2) is 5.76 Å². The molecule has 27 heavy (non-hydrogen) atoms. The number of rotatable bonds is 5. The van der Waals surface area contributed by atoms with Crippen molar-refractivity contribution in [2.75, 3.05) is 11.4 Å². The van der Waals surface area contributed by atoms with Gasteiger partial charge in [-0.2, -0.15) is 0 Å². The SMILES string of the molecule is CC1Cc2ccccc2N1Cc1ccoc1C(=O)N1CCCC1CC(=O)O. The molecule has 1 aromatic carbocycles. The number of para-hydroxylation sites is 1. The van der Waals surface area contributed by atoms with Crippen LogP contribution >= 0.6 is 0 Å². The van der Waals surface area contributed by atoms with Gasteiger partial charge in [0.05, 0.1) is 12.7 Å². The molecule has 1 aromatic heterocycles. The van der Waals surface area contributed by atoms with Gasteiger partial charge in [0.1, 0.15) is 0 Å². The minimum absolute atomic E-state index is 0.0156. The van der Waals surface area contributed by atoms with E-state index < -0.39 is 5.97 Å². The molecule has 3 heterocycles. The first-order valence-corrected chi connectivity index (χ1v) is 9.48. The maximum atomic E-state index is 13.0. The third-order valence-electron chi connectivity index (χ3n) is 5.68. The number of nitrogens with zero attached hydrogens (tertiary/aromatic N) is 2. The summed E-state index contributed by atoms with van der Waals surface area (Å²) < 4.78 is 5.56. The first kappa shape index (κ1) is 17.6. The number of amides is 1. The van der Waals surface area contributed by atoms with Gasteiger partial charge in [0, 0.05) is 36.4 Å². The number of hydrogen-bond acceptors (Lipinski definition) is 4. The highest BCUT2D eigenvalue weighted by atomic mass is 16.4. The van der Waals surface area contributed by atoms with Crippen molar-refractivity contribution < 1.29 is 19.1 Å². The fourth-order valence-electron chi connectivity index (χ4n) is 4.35. The number of carbonyl (C=O) groups excluding carboxylic acids is 1. The highest BCUT2D eigenvalue weighted by molar-refractivity contribution is 5.93. The van der Waals surface area contributed by atoms with Crippen LogP contribution in [0.5, 0.6) is 0 Å². The predicted molar refractivity (Wildman–Crippen MR) is 101 cm³/mol. The summed E-state index contributed by atoms with van der Waals surface area (Å²) in [5, 5.41) is 9.10. The van der Waals surface area contributed by atoms with Crippen molar-refractivity contribution in [2.45, 2.75) is 51.2 Å². The molecule has 6 nitrogen and oxygen atoms in total. The number of carbonyl (C=O) groups is 2. The molecule has 2 atom stereocenters. The van der Waals surface area contributed by atoms with Crippen LogP contribution in [0.1, 0.15) is 47.9 Å². The fourth-order valence-corrected chi connectivity index (χ4v) is 4.35. The van der Waals surface area contributed by atoms with Gasteiger partial charge in [-0.15, -0.1) is 0 Å². The summed E-state index contributed by atoms with van der Waals surface area (Å²) in [6.07, 6.45) is 4.08. The third-order valence-corrected chi connectivity index (χ3v) is 5.68. The Morgan fingerprint density at radius 2 is 2.07 bits per heavy atom. The Morgan fingerprint density at radius 1 is 1.26 bits per heavy atom. The molecule has 2 aliphatic rings. The van der Waals surface area contributed by atoms with E-state index in [0.717, 1.165) is 24.8 Å². The molecule has 1 amide bonds. The number of furan rings is 1. The van der Waals surface area contributed by atoms with E-state index in [1.54, 1.807) is 11.2 Å². The number of hydrogen-bond donors (Lipinski definition) is 1. The zero-order valence-corrected chi connectivity index (χ0v) is 15.4. The van der Waals surface area contributed by atoms with Crippen molar-refractivity contribution in [3.8, 4) is 0 Å². The number of aliphatic carboxylic acids is 1. The molecule has 2 aromatic rings. The number of carboxylic acids is 1. The summed E-state index contributed by atoms with van der Waals surface area (Å²) in [5.74, 6) is -0.732. The Morgan fingerprint density at radius 3 is 2.89 bits per heavy atom. The average molecular weight is 368 g/mol. The summed E-state index contributed by atoms with van der Waals surface area (Å²) in [6, 6.07) is 10.3. The minimum atomic E-state index is -0.873. The molecular weight excluding hydrogens is 344 g/mol. The van der Waals surface area contributed by atoms with E-state index >= 15 is 0 Å². The molecule has 2 unspecified atom stereocenters. The molecule has 0 radical (unpaired) electrons. The van der Waals surface area contributed by atoms with Crippen molar-refractivity contribution >= 4 is 17.6 Å². The van der Waals surface area contributed by atoms with Crippen molar-refractivity contribution in [3.63, 3.8) is 0 Å².